The van der Waals surface area contributed by atoms with Crippen LogP contribution in [-0.2, 0) is 16.6 Å². The summed E-state index contributed by atoms with van der Waals surface area (Å²) in [6.45, 7) is 2.01. The molecule has 4 nitrogen and oxygen atoms in total. The van der Waals surface area contributed by atoms with Gasteiger partial charge in [-0.3, -0.25) is 0 Å². The maximum Gasteiger partial charge on any atom is 0.334 e. The molecule has 0 spiro atoms. The van der Waals surface area contributed by atoms with Gasteiger partial charge in [-0.2, -0.15) is 0 Å². The van der Waals surface area contributed by atoms with Gasteiger partial charge in [-0.25, -0.2) is 4.79 Å². The number of aliphatic hydroxyl groups is 1. The average molecular weight is 195 g/mol. The van der Waals surface area contributed by atoms with E-state index in [0.717, 1.165) is 6.08 Å². The predicted octanol–water partition coefficient (Wildman–Crippen LogP) is 1.49. The second-order valence-electron chi connectivity index (χ2n) is 2.79. The third-order valence-electron chi connectivity index (χ3n) is 1.75. The molecule has 0 amide bonds. The summed E-state index contributed by atoms with van der Waals surface area (Å²) < 4.78 is 6.38. The number of rotatable bonds is 3. The molecule has 0 aliphatic rings. The molecular weight excluding hydrogens is 182 g/mol. The van der Waals surface area contributed by atoms with Crippen molar-refractivity contribution in [2.75, 3.05) is 6.61 Å². The van der Waals surface area contributed by atoms with Crippen molar-refractivity contribution in [1.29, 1.82) is 0 Å². The topological polar surface area (TPSA) is 51.5 Å². The van der Waals surface area contributed by atoms with Gasteiger partial charge in [0.15, 0.2) is 0 Å². The quantitative estimate of drug-likeness (QED) is 0.451. The fraction of sp³-hybridized carbons (Fsp3) is 0.300. The fourth-order valence-corrected chi connectivity index (χ4v) is 1.10. The van der Waals surface area contributed by atoms with Crippen molar-refractivity contribution < 1.29 is 14.6 Å². The van der Waals surface area contributed by atoms with Gasteiger partial charge in [0.1, 0.15) is 5.76 Å². The third-order valence-corrected chi connectivity index (χ3v) is 1.75. The van der Waals surface area contributed by atoms with Crippen LogP contribution in [0.25, 0.3) is 5.76 Å². The molecule has 0 unspecified atom stereocenters. The van der Waals surface area contributed by atoms with Gasteiger partial charge in [0, 0.05) is 13.2 Å². The zero-order chi connectivity index (χ0) is 10.6. The Morgan fingerprint density at radius 2 is 2.43 bits per heavy atom. The maximum atomic E-state index is 11.0. The van der Waals surface area contributed by atoms with Crippen molar-refractivity contribution in [2.45, 2.75) is 6.92 Å². The van der Waals surface area contributed by atoms with Crippen molar-refractivity contribution in [3.05, 3.63) is 30.1 Å². The molecule has 1 aromatic rings. The van der Waals surface area contributed by atoms with Gasteiger partial charge in [-0.15, -0.1) is 0 Å². The Morgan fingerprint density at radius 1 is 1.71 bits per heavy atom. The van der Waals surface area contributed by atoms with Crippen LogP contribution in [0.5, 0.6) is 0 Å². The molecule has 14 heavy (non-hydrogen) atoms. The van der Waals surface area contributed by atoms with Crippen LogP contribution >= 0.6 is 0 Å². The molecule has 0 bridgehead atoms. The SMILES string of the molecule is CCOC(=O)C=C(O)c1cccn1C. The summed E-state index contributed by atoms with van der Waals surface area (Å²) in [5.74, 6) is -0.623. The van der Waals surface area contributed by atoms with Crippen molar-refractivity contribution in [3.63, 3.8) is 0 Å². The molecule has 0 fully saturated rings. The van der Waals surface area contributed by atoms with Crippen LogP contribution < -0.4 is 0 Å². The Balaban J connectivity index is 2.79. The minimum atomic E-state index is -0.536. The molecule has 0 radical (unpaired) electrons. The van der Waals surface area contributed by atoms with Crippen molar-refractivity contribution in [3.8, 4) is 0 Å². The summed E-state index contributed by atoms with van der Waals surface area (Å²) >= 11 is 0. The molecule has 1 aromatic heterocycles. The van der Waals surface area contributed by atoms with E-state index in [1.807, 2.05) is 0 Å². The van der Waals surface area contributed by atoms with Crippen LogP contribution in [0, 0.1) is 0 Å². The van der Waals surface area contributed by atoms with E-state index in [0.29, 0.717) is 12.3 Å². The summed E-state index contributed by atoms with van der Waals surface area (Å²) in [5.41, 5.74) is 0.582. The number of carbonyl (C=O) groups excluding carboxylic acids is 1. The second kappa shape index (κ2) is 4.50. The smallest absolute Gasteiger partial charge is 0.334 e. The Morgan fingerprint density at radius 3 is 2.93 bits per heavy atom. The summed E-state index contributed by atoms with van der Waals surface area (Å²) in [6, 6.07) is 3.50. The number of carbonyl (C=O) groups is 1. The summed E-state index contributed by atoms with van der Waals surface area (Å²) in [6.07, 6.45) is 2.85. The van der Waals surface area contributed by atoms with Gasteiger partial charge >= 0.3 is 5.97 Å². The molecule has 1 N–H and O–H groups in total. The zero-order valence-corrected chi connectivity index (χ0v) is 8.23. The molecule has 0 aromatic carbocycles. The summed E-state index contributed by atoms with van der Waals surface area (Å²) in [7, 11) is 1.78. The van der Waals surface area contributed by atoms with Gasteiger partial charge in [-0.1, -0.05) is 0 Å². The number of aromatic nitrogens is 1. The highest BCUT2D eigenvalue weighted by atomic mass is 16.5. The molecular formula is C10H13NO3. The lowest BCUT2D eigenvalue weighted by Gasteiger charge is -2.01. The number of ether oxygens (including phenoxy) is 1. The first kappa shape index (κ1) is 10.4. The van der Waals surface area contributed by atoms with E-state index in [2.05, 4.69) is 4.74 Å². The Labute approximate surface area is 82.4 Å². The lowest BCUT2D eigenvalue weighted by atomic mass is 10.3. The van der Waals surface area contributed by atoms with Gasteiger partial charge in [-0.05, 0) is 19.1 Å². The first-order valence-electron chi connectivity index (χ1n) is 4.34. The number of aryl methyl sites for hydroxylation is 1. The Hall–Kier alpha value is -1.71. The average Bonchev–Trinajstić information content (AvgIpc) is 2.51. The molecule has 0 aliphatic heterocycles. The first-order chi connectivity index (χ1) is 6.65. The van der Waals surface area contributed by atoms with Gasteiger partial charge in [0.25, 0.3) is 0 Å². The van der Waals surface area contributed by atoms with E-state index in [1.54, 1.807) is 36.9 Å². The molecule has 0 atom stereocenters. The van der Waals surface area contributed by atoms with E-state index in [1.165, 1.54) is 0 Å². The van der Waals surface area contributed by atoms with Gasteiger partial charge in [0.05, 0.1) is 18.4 Å². The molecule has 1 heterocycles. The van der Waals surface area contributed by atoms with Crippen LogP contribution in [0.1, 0.15) is 12.6 Å². The molecule has 0 aliphatic carbocycles. The lowest BCUT2D eigenvalue weighted by molar-refractivity contribution is -0.137. The number of nitrogens with zero attached hydrogens (tertiary/aromatic N) is 1. The Kier molecular flexibility index (Phi) is 3.34. The maximum absolute atomic E-state index is 11.0. The van der Waals surface area contributed by atoms with Crippen LogP contribution in [0.3, 0.4) is 0 Å². The largest absolute Gasteiger partial charge is 0.505 e. The highest BCUT2D eigenvalue weighted by molar-refractivity contribution is 5.88. The minimum absolute atomic E-state index is 0.0871. The monoisotopic (exact) mass is 195 g/mol. The number of esters is 1. The third kappa shape index (κ3) is 2.39. The van der Waals surface area contributed by atoms with Gasteiger partial charge < -0.3 is 14.4 Å². The van der Waals surface area contributed by atoms with Crippen molar-refractivity contribution in [1.82, 2.24) is 4.57 Å². The van der Waals surface area contributed by atoms with E-state index in [9.17, 15) is 9.90 Å². The predicted molar refractivity (Wildman–Crippen MR) is 52.7 cm³/mol. The minimum Gasteiger partial charge on any atom is -0.505 e. The highest BCUT2D eigenvalue weighted by Gasteiger charge is 2.05. The van der Waals surface area contributed by atoms with Crippen LogP contribution in [0.2, 0.25) is 0 Å². The number of hydrogen-bond acceptors (Lipinski definition) is 3. The highest BCUT2D eigenvalue weighted by Crippen LogP contribution is 2.10. The molecule has 1 rings (SSSR count). The van der Waals surface area contributed by atoms with Gasteiger partial charge in [0.2, 0.25) is 0 Å². The summed E-state index contributed by atoms with van der Waals surface area (Å²) in [5, 5.41) is 9.53. The second-order valence-corrected chi connectivity index (χ2v) is 2.79. The lowest BCUT2D eigenvalue weighted by Crippen LogP contribution is -2.02. The zero-order valence-electron chi connectivity index (χ0n) is 8.23. The first-order valence-corrected chi connectivity index (χ1v) is 4.34. The molecule has 0 saturated carbocycles. The normalized spacial score (nSPS) is 11.4. The van der Waals surface area contributed by atoms with Crippen LogP contribution in [-0.4, -0.2) is 22.2 Å². The molecule has 4 heteroatoms. The standard InChI is InChI=1S/C10H13NO3/c1-3-14-10(13)7-9(12)8-5-4-6-11(8)2/h4-7,12H,3H2,1-2H3. The fourth-order valence-electron chi connectivity index (χ4n) is 1.10. The summed E-state index contributed by atoms with van der Waals surface area (Å²) in [4.78, 5) is 11.0. The van der Waals surface area contributed by atoms with Crippen LogP contribution in [0.15, 0.2) is 24.4 Å². The van der Waals surface area contributed by atoms with Crippen molar-refractivity contribution in [2.24, 2.45) is 7.05 Å². The number of hydrogen-bond donors (Lipinski definition) is 1. The number of aliphatic hydroxyl groups excluding tert-OH is 1. The molecule has 76 valence electrons. The molecule has 0 saturated heterocycles. The van der Waals surface area contributed by atoms with E-state index in [-0.39, 0.29) is 5.76 Å². The van der Waals surface area contributed by atoms with E-state index >= 15 is 0 Å². The van der Waals surface area contributed by atoms with E-state index < -0.39 is 5.97 Å². The van der Waals surface area contributed by atoms with Crippen LogP contribution in [0.4, 0.5) is 0 Å². The van der Waals surface area contributed by atoms with Crippen molar-refractivity contribution >= 4 is 11.7 Å². The van der Waals surface area contributed by atoms with E-state index in [4.69, 9.17) is 0 Å². The Bertz CT molecular complexity index is 352.